The fourth-order valence-electron chi connectivity index (χ4n) is 1.76. The molecule has 0 saturated heterocycles. The Morgan fingerprint density at radius 1 is 1.20 bits per heavy atom. The molecular weight excluding hydrogens is 318 g/mol. The van der Waals surface area contributed by atoms with E-state index in [-0.39, 0.29) is 5.91 Å². The van der Waals surface area contributed by atoms with Crippen molar-refractivity contribution in [1.29, 1.82) is 0 Å². The van der Waals surface area contributed by atoms with Gasteiger partial charge in [-0.25, -0.2) is 0 Å². The topological polar surface area (TPSA) is 38.3 Å². The zero-order valence-corrected chi connectivity index (χ0v) is 13.0. The Hall–Kier alpha value is -1.81. The normalized spacial score (nSPS) is 11.8. The van der Waals surface area contributed by atoms with Crippen LogP contribution in [0.5, 0.6) is 5.75 Å². The summed E-state index contributed by atoms with van der Waals surface area (Å²) in [6.07, 6.45) is -0.565. The van der Waals surface area contributed by atoms with E-state index in [4.69, 9.17) is 4.74 Å². The maximum absolute atomic E-state index is 12.1. The minimum Gasteiger partial charge on any atom is -0.481 e. The van der Waals surface area contributed by atoms with Crippen LogP contribution in [0.2, 0.25) is 0 Å². The van der Waals surface area contributed by atoms with Crippen LogP contribution in [0.4, 0.5) is 5.69 Å². The highest BCUT2D eigenvalue weighted by molar-refractivity contribution is 9.10. The third-order valence-corrected chi connectivity index (χ3v) is 3.26. The van der Waals surface area contributed by atoms with Gasteiger partial charge in [0, 0.05) is 10.2 Å². The van der Waals surface area contributed by atoms with Gasteiger partial charge in [-0.1, -0.05) is 34.1 Å². The van der Waals surface area contributed by atoms with E-state index in [1.807, 2.05) is 55.5 Å². The number of hydrogen-bond donors (Lipinski definition) is 1. The molecule has 0 aliphatic heterocycles. The lowest BCUT2D eigenvalue weighted by Crippen LogP contribution is -2.30. The molecule has 0 fully saturated rings. The molecule has 3 nitrogen and oxygen atoms in total. The molecule has 1 amide bonds. The summed E-state index contributed by atoms with van der Waals surface area (Å²) in [7, 11) is 0. The molecule has 104 valence electrons. The summed E-state index contributed by atoms with van der Waals surface area (Å²) in [5.74, 6) is 0.488. The van der Waals surface area contributed by atoms with E-state index in [0.29, 0.717) is 5.75 Å². The van der Waals surface area contributed by atoms with Crippen LogP contribution in [0.1, 0.15) is 12.5 Å². The first-order valence-corrected chi connectivity index (χ1v) is 7.13. The summed E-state index contributed by atoms with van der Waals surface area (Å²) in [4.78, 5) is 12.1. The molecule has 0 spiro atoms. The van der Waals surface area contributed by atoms with Gasteiger partial charge in [-0.15, -0.1) is 0 Å². The molecule has 0 radical (unpaired) electrons. The van der Waals surface area contributed by atoms with Crippen LogP contribution in [0, 0.1) is 6.92 Å². The zero-order chi connectivity index (χ0) is 14.5. The average Bonchev–Trinajstić information content (AvgIpc) is 2.38. The van der Waals surface area contributed by atoms with Gasteiger partial charge < -0.3 is 10.1 Å². The number of ether oxygens (including phenoxy) is 1. The Morgan fingerprint density at radius 2 is 1.95 bits per heavy atom. The van der Waals surface area contributed by atoms with Crippen LogP contribution in [-0.2, 0) is 4.79 Å². The number of nitrogens with one attached hydrogen (secondary N) is 1. The lowest BCUT2D eigenvalue weighted by Gasteiger charge is -2.15. The first kappa shape index (κ1) is 14.6. The Labute approximate surface area is 127 Å². The van der Waals surface area contributed by atoms with Crippen LogP contribution in [0.3, 0.4) is 0 Å². The second-order valence-corrected chi connectivity index (χ2v) is 5.49. The van der Waals surface area contributed by atoms with Crippen molar-refractivity contribution in [3.8, 4) is 5.75 Å². The molecular formula is C16H16BrNO2. The quantitative estimate of drug-likeness (QED) is 0.912. The van der Waals surface area contributed by atoms with E-state index in [9.17, 15) is 4.79 Å². The van der Waals surface area contributed by atoms with Crippen LogP contribution in [0.25, 0.3) is 0 Å². The van der Waals surface area contributed by atoms with E-state index in [1.165, 1.54) is 0 Å². The van der Waals surface area contributed by atoms with Crippen molar-refractivity contribution in [3.63, 3.8) is 0 Å². The van der Waals surface area contributed by atoms with Gasteiger partial charge >= 0.3 is 0 Å². The highest BCUT2D eigenvalue weighted by Gasteiger charge is 2.14. The van der Waals surface area contributed by atoms with Gasteiger partial charge in [0.25, 0.3) is 5.91 Å². The highest BCUT2D eigenvalue weighted by Crippen LogP contribution is 2.19. The molecule has 0 aromatic heterocycles. The van der Waals surface area contributed by atoms with Crippen molar-refractivity contribution < 1.29 is 9.53 Å². The maximum Gasteiger partial charge on any atom is 0.265 e. The van der Waals surface area contributed by atoms with Crippen molar-refractivity contribution in [2.45, 2.75) is 20.0 Å². The van der Waals surface area contributed by atoms with Crippen molar-refractivity contribution >= 4 is 27.5 Å². The van der Waals surface area contributed by atoms with Gasteiger partial charge in [0.15, 0.2) is 6.10 Å². The van der Waals surface area contributed by atoms with Crippen molar-refractivity contribution in [3.05, 3.63) is 58.6 Å². The Balaban J connectivity index is 1.98. The number of hydrogen-bond acceptors (Lipinski definition) is 2. The molecule has 0 saturated carbocycles. The van der Waals surface area contributed by atoms with Gasteiger partial charge in [-0.2, -0.15) is 0 Å². The predicted octanol–water partition coefficient (Wildman–Crippen LogP) is 4.16. The van der Waals surface area contributed by atoms with Gasteiger partial charge in [-0.05, 0) is 49.7 Å². The van der Waals surface area contributed by atoms with E-state index in [1.54, 1.807) is 6.92 Å². The third-order valence-electron chi connectivity index (χ3n) is 2.76. The predicted molar refractivity (Wildman–Crippen MR) is 84.0 cm³/mol. The van der Waals surface area contributed by atoms with Gasteiger partial charge in [-0.3, -0.25) is 4.79 Å². The second kappa shape index (κ2) is 6.57. The Bertz CT molecular complexity index is 613. The zero-order valence-electron chi connectivity index (χ0n) is 11.4. The summed E-state index contributed by atoms with van der Waals surface area (Å²) >= 11 is 3.37. The number of halogens is 1. The van der Waals surface area contributed by atoms with Gasteiger partial charge in [0.05, 0.1) is 0 Å². The van der Waals surface area contributed by atoms with Crippen LogP contribution >= 0.6 is 15.9 Å². The first-order valence-electron chi connectivity index (χ1n) is 6.34. The molecule has 2 rings (SSSR count). The number of carbonyl (C=O) groups is 1. The number of amides is 1. The highest BCUT2D eigenvalue weighted by atomic mass is 79.9. The maximum atomic E-state index is 12.1. The molecule has 20 heavy (non-hydrogen) atoms. The van der Waals surface area contributed by atoms with Gasteiger partial charge in [0.2, 0.25) is 0 Å². The summed E-state index contributed by atoms with van der Waals surface area (Å²) in [6, 6.07) is 15.1. The van der Waals surface area contributed by atoms with Crippen molar-refractivity contribution in [2.24, 2.45) is 0 Å². The number of carbonyl (C=O) groups excluding carboxylic acids is 1. The summed E-state index contributed by atoms with van der Waals surface area (Å²) in [6.45, 7) is 3.71. The number of anilines is 1. The Morgan fingerprint density at radius 3 is 2.65 bits per heavy atom. The fraction of sp³-hybridized carbons (Fsp3) is 0.188. The monoisotopic (exact) mass is 333 g/mol. The van der Waals surface area contributed by atoms with Crippen LogP contribution in [0.15, 0.2) is 53.0 Å². The van der Waals surface area contributed by atoms with E-state index < -0.39 is 6.10 Å². The largest absolute Gasteiger partial charge is 0.481 e. The second-order valence-electron chi connectivity index (χ2n) is 4.58. The lowest BCUT2D eigenvalue weighted by atomic mass is 10.2. The van der Waals surface area contributed by atoms with Crippen molar-refractivity contribution in [1.82, 2.24) is 0 Å². The molecule has 4 heteroatoms. The number of rotatable bonds is 4. The minimum absolute atomic E-state index is 0.171. The van der Waals surface area contributed by atoms with E-state index >= 15 is 0 Å². The van der Waals surface area contributed by atoms with E-state index in [0.717, 1.165) is 15.7 Å². The average molecular weight is 334 g/mol. The molecule has 1 atom stereocenters. The molecule has 0 heterocycles. The first-order chi connectivity index (χ1) is 9.54. The van der Waals surface area contributed by atoms with Gasteiger partial charge in [0.1, 0.15) is 5.75 Å². The molecule has 2 aromatic rings. The van der Waals surface area contributed by atoms with Crippen LogP contribution < -0.4 is 10.1 Å². The van der Waals surface area contributed by atoms with Crippen LogP contribution in [-0.4, -0.2) is 12.0 Å². The summed E-state index contributed by atoms with van der Waals surface area (Å²) in [5, 5.41) is 2.84. The number of benzene rings is 2. The van der Waals surface area contributed by atoms with E-state index in [2.05, 4.69) is 21.2 Å². The van der Waals surface area contributed by atoms with Crippen molar-refractivity contribution in [2.75, 3.05) is 5.32 Å². The lowest BCUT2D eigenvalue weighted by molar-refractivity contribution is -0.122. The molecule has 0 aliphatic rings. The standard InChI is InChI=1S/C16H16BrNO2/c1-11-5-3-7-14(9-11)18-16(19)12(2)20-15-8-4-6-13(17)10-15/h3-10,12H,1-2H3,(H,18,19)/t12-/m0/s1. The summed E-state index contributed by atoms with van der Waals surface area (Å²) in [5.41, 5.74) is 1.88. The minimum atomic E-state index is -0.565. The summed E-state index contributed by atoms with van der Waals surface area (Å²) < 4.78 is 6.54. The third kappa shape index (κ3) is 4.10. The number of aryl methyl sites for hydroxylation is 1. The molecule has 0 bridgehead atoms. The molecule has 0 unspecified atom stereocenters. The molecule has 2 aromatic carbocycles. The Kier molecular flexibility index (Phi) is 4.79. The fourth-order valence-corrected chi connectivity index (χ4v) is 2.14. The molecule has 1 N–H and O–H groups in total. The smallest absolute Gasteiger partial charge is 0.265 e. The molecule has 0 aliphatic carbocycles. The SMILES string of the molecule is Cc1cccc(NC(=O)[C@H](C)Oc2cccc(Br)c2)c1.